The number of Topliss-reactive ketones (excluding diaryl/α,β-unsaturated/α-hetero) is 1. The van der Waals surface area contributed by atoms with Crippen LogP contribution in [0.15, 0.2) is 42.6 Å². The highest BCUT2D eigenvalue weighted by Crippen LogP contribution is 2.35. The van der Waals surface area contributed by atoms with Gasteiger partial charge in [0.1, 0.15) is 23.0 Å². The SMILES string of the molecule is COc1cc2nccc(Oc3ccc(CC(=O)CC4CC4)cc3C)c2cc1C(N)=O. The molecule has 1 heterocycles. The number of pyridine rings is 1. The Morgan fingerprint density at radius 3 is 2.57 bits per heavy atom. The first-order valence-corrected chi connectivity index (χ1v) is 10.00. The molecule has 2 N–H and O–H groups in total. The molecule has 30 heavy (non-hydrogen) atoms. The van der Waals surface area contributed by atoms with Crippen molar-refractivity contribution in [3.05, 3.63) is 59.3 Å². The lowest BCUT2D eigenvalue weighted by molar-refractivity contribution is -0.118. The number of fused-ring (bicyclic) bond motifs is 1. The second kappa shape index (κ2) is 8.14. The Morgan fingerprint density at radius 1 is 1.10 bits per heavy atom. The van der Waals surface area contributed by atoms with Crippen LogP contribution in [0.4, 0.5) is 0 Å². The van der Waals surface area contributed by atoms with Gasteiger partial charge >= 0.3 is 0 Å². The van der Waals surface area contributed by atoms with Crippen molar-refractivity contribution in [3.8, 4) is 17.2 Å². The number of nitrogens with zero attached hydrogens (tertiary/aromatic N) is 1. The van der Waals surface area contributed by atoms with E-state index in [0.29, 0.717) is 52.7 Å². The van der Waals surface area contributed by atoms with Gasteiger partial charge in [-0.05, 0) is 55.0 Å². The van der Waals surface area contributed by atoms with Gasteiger partial charge in [-0.15, -0.1) is 0 Å². The van der Waals surface area contributed by atoms with E-state index in [1.165, 1.54) is 20.0 Å². The van der Waals surface area contributed by atoms with Crippen molar-refractivity contribution in [3.63, 3.8) is 0 Å². The lowest BCUT2D eigenvalue weighted by atomic mass is 10.0. The van der Waals surface area contributed by atoms with Gasteiger partial charge in [-0.1, -0.05) is 12.1 Å². The van der Waals surface area contributed by atoms with Crippen LogP contribution in [-0.2, 0) is 11.2 Å². The van der Waals surface area contributed by atoms with E-state index in [1.807, 2.05) is 25.1 Å². The number of carbonyl (C=O) groups is 2. The fourth-order valence-electron chi connectivity index (χ4n) is 3.60. The van der Waals surface area contributed by atoms with Crippen molar-refractivity contribution in [1.29, 1.82) is 0 Å². The highest BCUT2D eigenvalue weighted by molar-refractivity contribution is 6.01. The predicted octanol–water partition coefficient (Wildman–Crippen LogP) is 4.35. The van der Waals surface area contributed by atoms with E-state index in [4.69, 9.17) is 15.2 Å². The van der Waals surface area contributed by atoms with Crippen molar-refractivity contribution in [2.24, 2.45) is 11.7 Å². The summed E-state index contributed by atoms with van der Waals surface area (Å²) in [7, 11) is 1.48. The zero-order valence-electron chi connectivity index (χ0n) is 17.1. The molecule has 1 fully saturated rings. The summed E-state index contributed by atoms with van der Waals surface area (Å²) < 4.78 is 11.4. The van der Waals surface area contributed by atoms with Crippen LogP contribution in [0.2, 0.25) is 0 Å². The first-order valence-electron chi connectivity index (χ1n) is 10.00. The molecule has 0 bridgehead atoms. The lowest BCUT2D eigenvalue weighted by Gasteiger charge is -2.14. The Labute approximate surface area is 175 Å². The summed E-state index contributed by atoms with van der Waals surface area (Å²) in [6.45, 7) is 1.95. The van der Waals surface area contributed by atoms with Crippen LogP contribution < -0.4 is 15.2 Å². The van der Waals surface area contributed by atoms with E-state index >= 15 is 0 Å². The Kier molecular flexibility index (Phi) is 5.40. The Morgan fingerprint density at radius 2 is 1.90 bits per heavy atom. The number of hydrogen-bond acceptors (Lipinski definition) is 5. The molecule has 6 heteroatoms. The molecule has 1 aromatic heterocycles. The third kappa shape index (κ3) is 4.27. The minimum Gasteiger partial charge on any atom is -0.496 e. The van der Waals surface area contributed by atoms with E-state index < -0.39 is 5.91 Å². The molecule has 2 aromatic carbocycles. The minimum absolute atomic E-state index is 0.268. The van der Waals surface area contributed by atoms with Crippen molar-refractivity contribution in [2.75, 3.05) is 7.11 Å². The molecule has 0 spiro atoms. The second-order valence-electron chi connectivity index (χ2n) is 7.81. The molecule has 6 nitrogen and oxygen atoms in total. The van der Waals surface area contributed by atoms with Gasteiger partial charge in [0.15, 0.2) is 0 Å². The monoisotopic (exact) mass is 404 g/mol. The highest BCUT2D eigenvalue weighted by atomic mass is 16.5. The number of benzene rings is 2. The van der Waals surface area contributed by atoms with Gasteiger partial charge in [0.05, 0.1) is 18.2 Å². The first-order chi connectivity index (χ1) is 14.4. The molecule has 1 saturated carbocycles. The number of methoxy groups -OCH3 is 1. The van der Waals surface area contributed by atoms with Crippen LogP contribution in [0.3, 0.4) is 0 Å². The molecular formula is C24H24N2O4. The molecule has 1 amide bonds. The maximum absolute atomic E-state index is 12.1. The van der Waals surface area contributed by atoms with Crippen LogP contribution in [0, 0.1) is 12.8 Å². The lowest BCUT2D eigenvalue weighted by Crippen LogP contribution is -2.12. The average Bonchev–Trinajstić information content (AvgIpc) is 3.52. The number of amides is 1. The molecule has 0 saturated heterocycles. The molecule has 0 aliphatic heterocycles. The summed E-state index contributed by atoms with van der Waals surface area (Å²) in [5, 5.41) is 0.662. The van der Waals surface area contributed by atoms with Gasteiger partial charge in [-0.2, -0.15) is 0 Å². The van der Waals surface area contributed by atoms with Crippen molar-refractivity contribution in [2.45, 2.75) is 32.6 Å². The van der Waals surface area contributed by atoms with Crippen LogP contribution in [0.1, 0.15) is 40.7 Å². The third-order valence-corrected chi connectivity index (χ3v) is 5.36. The third-order valence-electron chi connectivity index (χ3n) is 5.36. The van der Waals surface area contributed by atoms with Crippen molar-refractivity contribution in [1.82, 2.24) is 4.98 Å². The van der Waals surface area contributed by atoms with E-state index in [9.17, 15) is 9.59 Å². The molecule has 0 unspecified atom stereocenters. The summed E-state index contributed by atoms with van der Waals surface area (Å²) in [5.41, 5.74) is 8.31. The summed E-state index contributed by atoms with van der Waals surface area (Å²) in [6.07, 6.45) is 5.15. The van der Waals surface area contributed by atoms with Crippen LogP contribution >= 0.6 is 0 Å². The highest BCUT2D eigenvalue weighted by Gasteiger charge is 2.24. The fourth-order valence-corrected chi connectivity index (χ4v) is 3.60. The largest absolute Gasteiger partial charge is 0.496 e. The Hall–Kier alpha value is -3.41. The summed E-state index contributed by atoms with van der Waals surface area (Å²) >= 11 is 0. The first kappa shape index (κ1) is 19.9. The summed E-state index contributed by atoms with van der Waals surface area (Å²) in [6, 6.07) is 10.8. The maximum atomic E-state index is 12.1. The van der Waals surface area contributed by atoms with Gasteiger partial charge in [0.25, 0.3) is 5.91 Å². The van der Waals surface area contributed by atoms with Gasteiger partial charge < -0.3 is 15.2 Å². The quantitative estimate of drug-likeness (QED) is 0.602. The molecular weight excluding hydrogens is 380 g/mol. The summed E-state index contributed by atoms with van der Waals surface area (Å²) in [5.74, 6) is 1.92. The fraction of sp³-hybridized carbons (Fsp3) is 0.292. The van der Waals surface area contributed by atoms with Gasteiger partial charge in [-0.25, -0.2) is 0 Å². The van der Waals surface area contributed by atoms with Crippen molar-refractivity contribution < 1.29 is 19.1 Å². The Balaban J connectivity index is 1.61. The van der Waals surface area contributed by atoms with E-state index in [2.05, 4.69) is 4.98 Å². The topological polar surface area (TPSA) is 91.5 Å². The number of nitrogens with two attached hydrogens (primary N) is 1. The zero-order valence-corrected chi connectivity index (χ0v) is 17.1. The van der Waals surface area contributed by atoms with E-state index in [1.54, 1.807) is 24.4 Å². The van der Waals surface area contributed by atoms with Gasteiger partial charge in [-0.3, -0.25) is 14.6 Å². The van der Waals surface area contributed by atoms with Gasteiger partial charge in [0, 0.05) is 30.5 Å². The smallest absolute Gasteiger partial charge is 0.252 e. The molecule has 154 valence electrons. The number of aryl methyl sites for hydroxylation is 1. The number of primary amides is 1. The number of carbonyl (C=O) groups excluding carboxylic acids is 2. The molecule has 1 aliphatic rings. The number of hydrogen-bond donors (Lipinski definition) is 1. The van der Waals surface area contributed by atoms with Crippen LogP contribution in [0.25, 0.3) is 10.9 Å². The van der Waals surface area contributed by atoms with E-state index in [0.717, 1.165) is 11.1 Å². The van der Waals surface area contributed by atoms with Gasteiger partial charge in [0.2, 0.25) is 0 Å². The Bertz CT molecular complexity index is 1140. The van der Waals surface area contributed by atoms with E-state index in [-0.39, 0.29) is 5.56 Å². The molecule has 0 radical (unpaired) electrons. The average molecular weight is 404 g/mol. The second-order valence-corrected chi connectivity index (χ2v) is 7.81. The molecule has 3 aromatic rings. The number of aromatic nitrogens is 1. The predicted molar refractivity (Wildman–Crippen MR) is 114 cm³/mol. The summed E-state index contributed by atoms with van der Waals surface area (Å²) in [4.78, 5) is 28.3. The van der Waals surface area contributed by atoms with Crippen molar-refractivity contribution >= 4 is 22.6 Å². The van der Waals surface area contributed by atoms with Crippen LogP contribution in [0.5, 0.6) is 17.2 Å². The van der Waals surface area contributed by atoms with Crippen LogP contribution in [-0.4, -0.2) is 23.8 Å². The molecule has 0 atom stereocenters. The maximum Gasteiger partial charge on any atom is 0.252 e. The number of rotatable bonds is 8. The molecule has 4 rings (SSSR count). The molecule has 1 aliphatic carbocycles. The normalized spacial score (nSPS) is 13.3. The minimum atomic E-state index is -0.583. The number of ketones is 1. The number of ether oxygens (including phenoxy) is 2. The zero-order chi connectivity index (χ0) is 21.3. The standard InChI is InChI=1S/C24H24N2O4/c1-14-9-16(11-17(27)10-15-3-4-15)5-6-21(14)30-22-7-8-26-20-13-23(29-2)19(24(25)28)12-18(20)22/h5-9,12-13,15H,3-4,10-11H2,1-2H3,(H2,25,28).